The first-order chi connectivity index (χ1) is 17.0. The molecule has 1 aromatic carbocycles. The highest BCUT2D eigenvalue weighted by molar-refractivity contribution is 5.93. The van der Waals surface area contributed by atoms with E-state index in [0.29, 0.717) is 18.9 Å². The Morgan fingerprint density at radius 2 is 2.00 bits per heavy atom. The lowest BCUT2D eigenvalue weighted by molar-refractivity contribution is -0.129. The second-order valence-corrected chi connectivity index (χ2v) is 9.71. The Balaban J connectivity index is 1.20. The molecule has 3 N–H and O–H groups in total. The van der Waals surface area contributed by atoms with Crippen molar-refractivity contribution in [3.8, 4) is 0 Å². The highest BCUT2D eigenvalue weighted by Crippen LogP contribution is 2.27. The van der Waals surface area contributed by atoms with Crippen molar-refractivity contribution in [1.82, 2.24) is 30.0 Å². The van der Waals surface area contributed by atoms with Gasteiger partial charge in [-0.25, -0.2) is 9.97 Å². The molecule has 1 amide bonds. The molecule has 186 valence electrons. The number of aliphatic hydroxyl groups excluding tert-OH is 1. The number of carbonyl (C=O) groups excluding carboxylic acids is 1. The number of aromatic nitrogens is 4. The summed E-state index contributed by atoms with van der Waals surface area (Å²) in [6.45, 7) is 6.01. The summed E-state index contributed by atoms with van der Waals surface area (Å²) in [6, 6.07) is 8.78. The summed E-state index contributed by atoms with van der Waals surface area (Å²) in [5.74, 6) is 1.54. The maximum absolute atomic E-state index is 11.6. The lowest BCUT2D eigenvalue weighted by Crippen LogP contribution is -2.41. The molecule has 5 rings (SSSR count). The van der Waals surface area contributed by atoms with Gasteiger partial charge in [-0.2, -0.15) is 5.10 Å². The van der Waals surface area contributed by atoms with E-state index in [1.54, 1.807) is 13.3 Å². The Hall–Kier alpha value is -3.24. The van der Waals surface area contributed by atoms with Crippen molar-refractivity contribution in [1.29, 1.82) is 0 Å². The van der Waals surface area contributed by atoms with Gasteiger partial charge >= 0.3 is 0 Å². The summed E-state index contributed by atoms with van der Waals surface area (Å²) in [6.07, 6.45) is 3.80. The first-order valence-corrected chi connectivity index (χ1v) is 12.4. The van der Waals surface area contributed by atoms with E-state index in [1.807, 2.05) is 16.8 Å². The molecule has 2 aliphatic rings. The maximum Gasteiger partial charge on any atom is 0.219 e. The quantitative estimate of drug-likeness (QED) is 0.470. The number of benzene rings is 1. The molecular formula is C25H34N8O2. The van der Waals surface area contributed by atoms with Gasteiger partial charge in [0.05, 0.1) is 6.10 Å². The van der Waals surface area contributed by atoms with Crippen LogP contribution in [0.3, 0.4) is 0 Å². The summed E-state index contributed by atoms with van der Waals surface area (Å²) >= 11 is 0. The van der Waals surface area contributed by atoms with E-state index in [4.69, 9.17) is 0 Å². The van der Waals surface area contributed by atoms with Gasteiger partial charge in [0.25, 0.3) is 0 Å². The van der Waals surface area contributed by atoms with Crippen LogP contribution < -0.4 is 10.2 Å². The van der Waals surface area contributed by atoms with Crippen LogP contribution in [0, 0.1) is 0 Å². The van der Waals surface area contributed by atoms with Gasteiger partial charge in [-0.3, -0.25) is 14.8 Å². The normalized spacial score (nSPS) is 17.9. The summed E-state index contributed by atoms with van der Waals surface area (Å²) in [5, 5.41) is 21.9. The minimum Gasteiger partial charge on any atom is -0.390 e. The number of β-amino-alcohol motifs (C(OH)–C–C–N with tert-alkyl or cyclic N) is 1. The zero-order valence-electron chi connectivity index (χ0n) is 20.4. The number of H-pyrrole nitrogens is 1. The average molecular weight is 479 g/mol. The topological polar surface area (TPSA) is 114 Å². The molecule has 0 radical (unpaired) electrons. The van der Waals surface area contributed by atoms with Crippen molar-refractivity contribution in [3.05, 3.63) is 41.7 Å². The first-order valence-electron chi connectivity index (χ1n) is 12.4. The minimum atomic E-state index is -0.511. The van der Waals surface area contributed by atoms with Gasteiger partial charge in [0, 0.05) is 59.3 Å². The summed E-state index contributed by atoms with van der Waals surface area (Å²) < 4.78 is 0. The van der Waals surface area contributed by atoms with E-state index in [0.717, 1.165) is 62.3 Å². The Labute approximate surface area is 205 Å². The summed E-state index contributed by atoms with van der Waals surface area (Å²) in [5.41, 5.74) is 4.24. The Bertz CT molecular complexity index is 1170. The number of amides is 1. The fourth-order valence-electron chi connectivity index (χ4n) is 5.20. The number of piperidine rings is 1. The monoisotopic (exact) mass is 478 g/mol. The predicted molar refractivity (Wildman–Crippen MR) is 135 cm³/mol. The fourth-order valence-corrected chi connectivity index (χ4v) is 5.20. The molecule has 4 heterocycles. The largest absolute Gasteiger partial charge is 0.390 e. The average Bonchev–Trinajstić information content (AvgIpc) is 3.30. The van der Waals surface area contributed by atoms with Crippen LogP contribution in [-0.2, 0) is 17.8 Å². The molecule has 0 bridgehead atoms. The summed E-state index contributed by atoms with van der Waals surface area (Å²) in [7, 11) is 1.93. The van der Waals surface area contributed by atoms with Crippen LogP contribution in [0.25, 0.3) is 11.0 Å². The number of hydrogen-bond donors (Lipinski definition) is 3. The van der Waals surface area contributed by atoms with Gasteiger partial charge in [-0.1, -0.05) is 24.3 Å². The fraction of sp³-hybridized carbons (Fsp3) is 0.520. The summed E-state index contributed by atoms with van der Waals surface area (Å²) in [4.78, 5) is 26.6. The number of fused-ring (bicyclic) bond motifs is 2. The van der Waals surface area contributed by atoms with Crippen LogP contribution in [0.15, 0.2) is 30.6 Å². The number of aliphatic hydroxyl groups is 1. The molecule has 1 atom stereocenters. The number of anilines is 2. The number of hydrogen-bond acceptors (Lipinski definition) is 8. The Morgan fingerprint density at radius 3 is 2.77 bits per heavy atom. The first kappa shape index (κ1) is 23.5. The third-order valence-corrected chi connectivity index (χ3v) is 7.14. The zero-order valence-corrected chi connectivity index (χ0v) is 20.4. The Morgan fingerprint density at radius 1 is 1.23 bits per heavy atom. The number of rotatable bonds is 7. The maximum atomic E-state index is 11.6. The number of nitrogens with one attached hydrogen (secondary N) is 2. The molecule has 3 aromatic rings. The van der Waals surface area contributed by atoms with Crippen LogP contribution in [0.2, 0.25) is 0 Å². The molecule has 1 saturated heterocycles. The highest BCUT2D eigenvalue weighted by Gasteiger charge is 2.24. The van der Waals surface area contributed by atoms with Crippen molar-refractivity contribution >= 4 is 28.6 Å². The van der Waals surface area contributed by atoms with Gasteiger partial charge in [0.1, 0.15) is 17.4 Å². The standard InChI is InChI=1S/C25H34N8O2/c1-17(34)33-11-8-20(9-12-33)28-24-22-23(26-16-27-24)25(30-29-22)31(2)14-21(35)15-32-10-7-18-5-3-4-6-19(18)13-32/h3-6,16,20-21,35H,7-15H2,1-2H3,(H,29,30)(H,26,27,28). The molecule has 1 fully saturated rings. The van der Waals surface area contributed by atoms with Gasteiger partial charge in [0.2, 0.25) is 5.91 Å². The number of likely N-dealkylation sites (N-methyl/N-ethyl adjacent to an activating group) is 1. The predicted octanol–water partition coefficient (Wildman–Crippen LogP) is 1.63. The van der Waals surface area contributed by atoms with Crippen LogP contribution >= 0.6 is 0 Å². The van der Waals surface area contributed by atoms with Crippen molar-refractivity contribution in [2.45, 2.75) is 44.9 Å². The smallest absolute Gasteiger partial charge is 0.219 e. The molecule has 0 spiro atoms. The van der Waals surface area contributed by atoms with Crippen LogP contribution in [0.4, 0.5) is 11.6 Å². The van der Waals surface area contributed by atoms with E-state index in [1.165, 1.54) is 11.1 Å². The lowest BCUT2D eigenvalue weighted by atomic mass is 10.00. The van der Waals surface area contributed by atoms with E-state index in [2.05, 4.69) is 54.6 Å². The third-order valence-electron chi connectivity index (χ3n) is 7.14. The molecule has 10 nitrogen and oxygen atoms in total. The van der Waals surface area contributed by atoms with E-state index in [-0.39, 0.29) is 11.9 Å². The van der Waals surface area contributed by atoms with E-state index < -0.39 is 6.10 Å². The van der Waals surface area contributed by atoms with Crippen LogP contribution in [-0.4, -0.2) is 92.9 Å². The molecule has 10 heteroatoms. The molecule has 2 aromatic heterocycles. The van der Waals surface area contributed by atoms with E-state index >= 15 is 0 Å². The lowest BCUT2D eigenvalue weighted by Gasteiger charge is -2.32. The van der Waals surface area contributed by atoms with Gasteiger partial charge in [0.15, 0.2) is 11.6 Å². The number of aromatic amines is 1. The molecule has 2 aliphatic heterocycles. The number of nitrogens with zero attached hydrogens (tertiary/aromatic N) is 6. The number of likely N-dealkylation sites (tertiary alicyclic amines) is 1. The van der Waals surface area contributed by atoms with Gasteiger partial charge in [-0.15, -0.1) is 0 Å². The Kier molecular flexibility index (Phi) is 6.83. The second kappa shape index (κ2) is 10.2. The molecular weight excluding hydrogens is 444 g/mol. The van der Waals surface area contributed by atoms with Crippen LogP contribution in [0.1, 0.15) is 30.9 Å². The van der Waals surface area contributed by atoms with Crippen molar-refractivity contribution in [2.24, 2.45) is 0 Å². The zero-order chi connectivity index (χ0) is 24.4. The van der Waals surface area contributed by atoms with Crippen LogP contribution in [0.5, 0.6) is 0 Å². The number of carbonyl (C=O) groups is 1. The molecule has 0 aliphatic carbocycles. The van der Waals surface area contributed by atoms with Crippen molar-refractivity contribution in [2.75, 3.05) is 50.0 Å². The van der Waals surface area contributed by atoms with Gasteiger partial charge < -0.3 is 20.2 Å². The highest BCUT2D eigenvalue weighted by atomic mass is 16.3. The SMILES string of the molecule is CC(=O)N1CCC(Nc2ncnc3c(N(C)CC(O)CN4CCc5ccccc5C4)n[nH]c23)CC1. The molecule has 0 saturated carbocycles. The molecule has 1 unspecified atom stereocenters. The van der Waals surface area contributed by atoms with Gasteiger partial charge in [-0.05, 0) is 30.4 Å². The second-order valence-electron chi connectivity index (χ2n) is 9.71. The van der Waals surface area contributed by atoms with E-state index in [9.17, 15) is 9.90 Å². The van der Waals surface area contributed by atoms with Crippen molar-refractivity contribution < 1.29 is 9.90 Å². The minimum absolute atomic E-state index is 0.126. The van der Waals surface area contributed by atoms with Crippen molar-refractivity contribution in [3.63, 3.8) is 0 Å². The third kappa shape index (κ3) is 5.23. The molecule has 35 heavy (non-hydrogen) atoms.